The molecule has 56 valence electrons. The van der Waals surface area contributed by atoms with E-state index in [1.54, 1.807) is 0 Å². The van der Waals surface area contributed by atoms with Crippen LogP contribution in [0.25, 0.3) is 0 Å². The molecule has 0 bridgehead atoms. The Morgan fingerprint density at radius 1 is 1.30 bits per heavy atom. The third-order valence-electron chi connectivity index (χ3n) is 1.12. The zero-order valence-corrected chi connectivity index (χ0v) is 5.26. The molecule has 0 aromatic carbocycles. The molecule has 0 spiro atoms. The molecule has 4 N–H and O–H groups in total. The lowest BCUT2D eigenvalue weighted by Crippen LogP contribution is -2.29. The van der Waals surface area contributed by atoms with Crippen LogP contribution in [-0.4, -0.2) is 21.3 Å². The maximum absolute atomic E-state index is 10.7. The van der Waals surface area contributed by atoms with Crippen molar-refractivity contribution < 1.29 is 0 Å². The van der Waals surface area contributed by atoms with E-state index in [1.807, 2.05) is 0 Å². The van der Waals surface area contributed by atoms with Crippen molar-refractivity contribution in [3.05, 3.63) is 21.0 Å². The van der Waals surface area contributed by atoms with Crippen molar-refractivity contribution in [3.63, 3.8) is 0 Å². The Morgan fingerprint density at radius 3 is 2.20 bits per heavy atom. The lowest BCUT2D eigenvalue weighted by Gasteiger charge is -1.90. The van der Waals surface area contributed by atoms with Gasteiger partial charge in [0, 0.05) is 13.1 Å². The van der Waals surface area contributed by atoms with E-state index in [-0.39, 0.29) is 13.1 Å². The molecule has 6 nitrogen and oxygen atoms in total. The van der Waals surface area contributed by atoms with Gasteiger partial charge >= 0.3 is 11.4 Å². The molecule has 0 atom stereocenters. The lowest BCUT2D eigenvalue weighted by molar-refractivity contribution is 0.661. The molecule has 0 saturated carbocycles. The number of aromatic nitrogens is 3. The van der Waals surface area contributed by atoms with E-state index >= 15 is 0 Å². The van der Waals surface area contributed by atoms with Gasteiger partial charge in [-0.3, -0.25) is 0 Å². The van der Waals surface area contributed by atoms with Gasteiger partial charge < -0.3 is 5.73 Å². The summed E-state index contributed by atoms with van der Waals surface area (Å²) in [6.07, 6.45) is 0. The first kappa shape index (κ1) is 6.81. The van der Waals surface area contributed by atoms with E-state index in [0.29, 0.717) is 0 Å². The van der Waals surface area contributed by atoms with Crippen molar-refractivity contribution in [2.24, 2.45) is 5.73 Å². The SMILES string of the molecule is NCCn1c(=O)[nH][nH]c1=O. The fourth-order valence-corrected chi connectivity index (χ4v) is 0.666. The van der Waals surface area contributed by atoms with Gasteiger partial charge in [-0.2, -0.15) is 0 Å². The van der Waals surface area contributed by atoms with Crippen LogP contribution in [0.5, 0.6) is 0 Å². The summed E-state index contributed by atoms with van der Waals surface area (Å²) in [5.41, 5.74) is 4.23. The van der Waals surface area contributed by atoms with E-state index in [9.17, 15) is 9.59 Å². The number of nitrogens with one attached hydrogen (secondary N) is 2. The number of H-pyrrole nitrogens is 2. The molecule has 1 heterocycles. The maximum atomic E-state index is 10.7. The number of aromatic amines is 2. The standard InChI is InChI=1S/C4H8N4O2/c5-1-2-8-3(9)6-7-4(8)10/h1-2,5H2,(H,6,9)(H,7,10). The largest absolute Gasteiger partial charge is 0.344 e. The number of hydrogen-bond acceptors (Lipinski definition) is 3. The van der Waals surface area contributed by atoms with E-state index in [4.69, 9.17) is 5.73 Å². The minimum Gasteiger partial charge on any atom is -0.329 e. The molecule has 0 aliphatic carbocycles. The third kappa shape index (κ3) is 1.01. The Hall–Kier alpha value is -1.30. The van der Waals surface area contributed by atoms with E-state index in [2.05, 4.69) is 10.2 Å². The van der Waals surface area contributed by atoms with E-state index < -0.39 is 11.4 Å². The lowest BCUT2D eigenvalue weighted by atomic mass is 10.6. The molecule has 0 fully saturated rings. The second-order valence-electron chi connectivity index (χ2n) is 1.80. The average Bonchev–Trinajstić information content (AvgIpc) is 2.20. The fraction of sp³-hybridized carbons (Fsp3) is 0.500. The molecule has 0 amide bonds. The average molecular weight is 144 g/mol. The Kier molecular flexibility index (Phi) is 1.72. The van der Waals surface area contributed by atoms with Gasteiger partial charge in [0.1, 0.15) is 0 Å². The molecular formula is C4H8N4O2. The quantitative estimate of drug-likeness (QED) is 0.440. The van der Waals surface area contributed by atoms with Crippen LogP contribution in [0.1, 0.15) is 0 Å². The third-order valence-corrected chi connectivity index (χ3v) is 1.12. The molecule has 0 saturated heterocycles. The van der Waals surface area contributed by atoms with Gasteiger partial charge in [-0.15, -0.1) is 0 Å². The first-order valence-electron chi connectivity index (χ1n) is 2.83. The Morgan fingerprint density at radius 2 is 1.80 bits per heavy atom. The molecule has 6 heteroatoms. The summed E-state index contributed by atoms with van der Waals surface area (Å²) in [7, 11) is 0. The molecule has 1 aromatic rings. The van der Waals surface area contributed by atoms with Crippen LogP contribution in [0.4, 0.5) is 0 Å². The highest BCUT2D eigenvalue weighted by Gasteiger charge is 1.98. The summed E-state index contributed by atoms with van der Waals surface area (Å²) in [4.78, 5) is 21.3. The highest BCUT2D eigenvalue weighted by Crippen LogP contribution is 1.62. The highest BCUT2D eigenvalue weighted by molar-refractivity contribution is 4.64. The summed E-state index contributed by atoms with van der Waals surface area (Å²) in [5.74, 6) is 0. The van der Waals surface area contributed by atoms with E-state index in [1.165, 1.54) is 0 Å². The highest BCUT2D eigenvalue weighted by atomic mass is 16.2. The monoisotopic (exact) mass is 144 g/mol. The second-order valence-corrected chi connectivity index (χ2v) is 1.80. The molecule has 0 aliphatic heterocycles. The number of nitrogens with zero attached hydrogens (tertiary/aromatic N) is 1. The Labute approximate surface area is 55.7 Å². The van der Waals surface area contributed by atoms with Crippen molar-refractivity contribution in [1.82, 2.24) is 14.8 Å². The summed E-state index contributed by atoms with van der Waals surface area (Å²) >= 11 is 0. The predicted octanol–water partition coefficient (Wildman–Crippen LogP) is -2.18. The van der Waals surface area contributed by atoms with Crippen molar-refractivity contribution in [2.45, 2.75) is 6.54 Å². The van der Waals surface area contributed by atoms with Gasteiger partial charge in [0.2, 0.25) is 0 Å². The van der Waals surface area contributed by atoms with Gasteiger partial charge in [0.15, 0.2) is 0 Å². The molecular weight excluding hydrogens is 136 g/mol. The van der Waals surface area contributed by atoms with Crippen LogP contribution >= 0.6 is 0 Å². The molecule has 0 radical (unpaired) electrons. The number of rotatable bonds is 2. The van der Waals surface area contributed by atoms with Crippen LogP contribution in [0, 0.1) is 0 Å². The van der Waals surface area contributed by atoms with Crippen molar-refractivity contribution in [1.29, 1.82) is 0 Å². The van der Waals surface area contributed by atoms with Gasteiger partial charge in [-0.25, -0.2) is 24.4 Å². The van der Waals surface area contributed by atoms with Crippen LogP contribution in [-0.2, 0) is 6.54 Å². The van der Waals surface area contributed by atoms with Crippen molar-refractivity contribution in [3.8, 4) is 0 Å². The first-order valence-corrected chi connectivity index (χ1v) is 2.83. The molecule has 10 heavy (non-hydrogen) atoms. The number of nitrogens with two attached hydrogens (primary N) is 1. The fourth-order valence-electron chi connectivity index (χ4n) is 0.666. The van der Waals surface area contributed by atoms with Gasteiger partial charge in [-0.1, -0.05) is 0 Å². The smallest absolute Gasteiger partial charge is 0.329 e. The first-order chi connectivity index (χ1) is 4.75. The minimum atomic E-state index is -0.449. The summed E-state index contributed by atoms with van der Waals surface area (Å²) in [6.45, 7) is 0.526. The molecule has 0 aliphatic rings. The second kappa shape index (κ2) is 2.53. The topological polar surface area (TPSA) is 96.7 Å². The normalized spacial score (nSPS) is 10.1. The maximum Gasteiger partial charge on any atom is 0.344 e. The van der Waals surface area contributed by atoms with Gasteiger partial charge in [0.05, 0.1) is 0 Å². The van der Waals surface area contributed by atoms with Gasteiger partial charge in [-0.05, 0) is 0 Å². The van der Waals surface area contributed by atoms with E-state index in [0.717, 1.165) is 4.57 Å². The van der Waals surface area contributed by atoms with Gasteiger partial charge in [0.25, 0.3) is 0 Å². The zero-order chi connectivity index (χ0) is 7.56. The molecule has 1 aromatic heterocycles. The Balaban J connectivity index is 3.11. The van der Waals surface area contributed by atoms with Crippen LogP contribution in [0.2, 0.25) is 0 Å². The summed E-state index contributed by atoms with van der Waals surface area (Å²) in [6, 6.07) is 0. The zero-order valence-electron chi connectivity index (χ0n) is 5.26. The minimum absolute atomic E-state index is 0.248. The number of hydrogen-bond donors (Lipinski definition) is 3. The summed E-state index contributed by atoms with van der Waals surface area (Å²) in [5, 5.41) is 4.27. The predicted molar refractivity (Wildman–Crippen MR) is 34.7 cm³/mol. The van der Waals surface area contributed by atoms with Crippen molar-refractivity contribution in [2.75, 3.05) is 6.54 Å². The van der Waals surface area contributed by atoms with Crippen LogP contribution in [0.3, 0.4) is 0 Å². The Bertz CT molecular complexity index is 278. The molecule has 0 unspecified atom stereocenters. The van der Waals surface area contributed by atoms with Crippen LogP contribution in [0.15, 0.2) is 9.59 Å². The van der Waals surface area contributed by atoms with Crippen LogP contribution < -0.4 is 17.1 Å². The van der Waals surface area contributed by atoms with Crippen molar-refractivity contribution >= 4 is 0 Å². The molecule has 1 rings (SSSR count). The summed E-state index contributed by atoms with van der Waals surface area (Å²) < 4.78 is 1.000.